The zero-order valence-electron chi connectivity index (χ0n) is 26.8. The van der Waals surface area contributed by atoms with E-state index in [1.165, 1.54) is 11.6 Å². The van der Waals surface area contributed by atoms with Crippen molar-refractivity contribution in [3.05, 3.63) is 101 Å². The van der Waals surface area contributed by atoms with Crippen LogP contribution >= 0.6 is 0 Å². The smallest absolute Gasteiger partial charge is 0.162 e. The molecule has 0 amide bonds. The minimum absolute atomic E-state index is 0. The molecule has 3 nitrogen and oxygen atoms in total. The maximum atomic E-state index is 14.6. The number of hydrogen-bond acceptors (Lipinski definition) is 3. The van der Waals surface area contributed by atoms with Gasteiger partial charge in [-0.25, -0.2) is 4.39 Å². The summed E-state index contributed by atoms with van der Waals surface area (Å²) in [6, 6.07) is 21.7. The summed E-state index contributed by atoms with van der Waals surface area (Å²) in [5.74, 6) is 0.408. The molecule has 0 saturated carbocycles. The number of aryl methyl sites for hydroxylation is 3. The van der Waals surface area contributed by atoms with Gasteiger partial charge in [0.2, 0.25) is 0 Å². The Morgan fingerprint density at radius 3 is 1.91 bits per heavy atom. The molecule has 233 valence electrons. The second-order valence-electron chi connectivity index (χ2n) is 11.5. The van der Waals surface area contributed by atoms with Crippen molar-refractivity contribution in [1.29, 1.82) is 0 Å². The van der Waals surface area contributed by atoms with E-state index in [-0.39, 0.29) is 49.3 Å². The van der Waals surface area contributed by atoms with Crippen LogP contribution in [-0.4, -0.2) is 15.9 Å². The third-order valence-corrected chi connectivity index (χ3v) is 8.55. The van der Waals surface area contributed by atoms with Crippen LogP contribution in [0.4, 0.5) is 4.39 Å². The molecule has 5 heteroatoms. The molecule has 44 heavy (non-hydrogen) atoms. The summed E-state index contributed by atoms with van der Waals surface area (Å²) in [5, 5.41) is 15.8. The van der Waals surface area contributed by atoms with Crippen LogP contribution in [0.25, 0.3) is 43.6 Å². The zero-order valence-corrected chi connectivity index (χ0v) is 29.2. The molecular weight excluding hydrogens is 726 g/mol. The number of aliphatic hydroxyl groups excluding tert-OH is 1. The molecule has 0 bridgehead atoms. The average Bonchev–Trinajstić information content (AvgIpc) is 2.99. The molecule has 1 aromatic heterocycles. The van der Waals surface area contributed by atoms with Gasteiger partial charge in [0.1, 0.15) is 5.82 Å². The predicted molar refractivity (Wildman–Crippen MR) is 179 cm³/mol. The molecule has 1 heterocycles. The van der Waals surface area contributed by atoms with Crippen LogP contribution in [0.15, 0.2) is 72.6 Å². The summed E-state index contributed by atoms with van der Waals surface area (Å²) < 4.78 is 14.6. The Hall–Kier alpha value is -3.40. The molecule has 0 aliphatic rings. The summed E-state index contributed by atoms with van der Waals surface area (Å²) in [6.07, 6.45) is 6.76. The van der Waals surface area contributed by atoms with Crippen LogP contribution in [-0.2, 0) is 24.9 Å². The van der Waals surface area contributed by atoms with Gasteiger partial charge in [0, 0.05) is 49.6 Å². The second-order valence-corrected chi connectivity index (χ2v) is 11.5. The Morgan fingerprint density at radius 1 is 0.795 bits per heavy atom. The van der Waals surface area contributed by atoms with E-state index < -0.39 is 0 Å². The zero-order chi connectivity index (χ0) is 31.3. The molecule has 5 rings (SSSR count). The van der Waals surface area contributed by atoms with Gasteiger partial charge in [-0.3, -0.25) is 4.79 Å². The van der Waals surface area contributed by atoms with Gasteiger partial charge in [0.15, 0.2) is 5.78 Å². The number of carbonyl (C=O) groups excluding carboxylic acids is 1. The number of nitrogens with zero attached hydrogens (tertiary/aromatic N) is 1. The van der Waals surface area contributed by atoms with Crippen LogP contribution in [0.5, 0.6) is 0 Å². The molecule has 0 fully saturated rings. The van der Waals surface area contributed by atoms with E-state index in [0.29, 0.717) is 10.9 Å². The number of hydrogen-bond donors (Lipinski definition) is 1. The van der Waals surface area contributed by atoms with E-state index in [2.05, 4.69) is 49.2 Å². The molecule has 1 radical (unpaired) electrons. The molecular formula is C39H43FIrNO2-. The Bertz CT molecular complexity index is 1780. The number of aromatic nitrogens is 1. The van der Waals surface area contributed by atoms with Crippen molar-refractivity contribution in [1.82, 2.24) is 4.98 Å². The summed E-state index contributed by atoms with van der Waals surface area (Å²) in [5.41, 5.74) is 4.91. The van der Waals surface area contributed by atoms with Gasteiger partial charge in [0.05, 0.1) is 5.76 Å². The van der Waals surface area contributed by atoms with E-state index >= 15 is 0 Å². The van der Waals surface area contributed by atoms with Gasteiger partial charge in [-0.05, 0) is 76.9 Å². The summed E-state index contributed by atoms with van der Waals surface area (Å²) >= 11 is 0. The van der Waals surface area contributed by atoms with Crippen LogP contribution in [0.3, 0.4) is 0 Å². The SMILES string of the molecule is CCC(CC)C(=O)/C=C(\O)C(CC)CC.Cc1[c-]c(-c2nccc3c2ccc2c4ccc(C)c(F)c4ccc32)cc(C)c1.[Ir]. The molecule has 0 saturated heterocycles. The first-order chi connectivity index (χ1) is 20.6. The normalized spacial score (nSPS) is 11.6. The van der Waals surface area contributed by atoms with Crippen molar-refractivity contribution in [2.24, 2.45) is 11.8 Å². The largest absolute Gasteiger partial charge is 0.512 e. The van der Waals surface area contributed by atoms with E-state index in [1.807, 2.05) is 64.2 Å². The maximum absolute atomic E-state index is 14.6. The Kier molecular flexibility index (Phi) is 12.4. The molecule has 0 atom stereocenters. The van der Waals surface area contributed by atoms with Gasteiger partial charge in [-0.15, -0.1) is 34.9 Å². The molecule has 4 aromatic carbocycles. The number of aliphatic hydroxyl groups is 1. The van der Waals surface area contributed by atoms with Crippen molar-refractivity contribution >= 4 is 38.1 Å². The van der Waals surface area contributed by atoms with Crippen molar-refractivity contribution in [2.45, 2.75) is 74.1 Å². The van der Waals surface area contributed by atoms with E-state index in [4.69, 9.17) is 0 Å². The Balaban J connectivity index is 0.000000286. The van der Waals surface area contributed by atoms with Crippen molar-refractivity contribution in [3.8, 4) is 11.3 Å². The molecule has 5 aromatic rings. The first-order valence-electron chi connectivity index (χ1n) is 15.5. The third kappa shape index (κ3) is 7.45. The number of pyridine rings is 1. The molecule has 0 aliphatic carbocycles. The van der Waals surface area contributed by atoms with Gasteiger partial charge >= 0.3 is 0 Å². The topological polar surface area (TPSA) is 50.2 Å². The van der Waals surface area contributed by atoms with Gasteiger partial charge in [-0.1, -0.05) is 77.9 Å². The summed E-state index contributed by atoms with van der Waals surface area (Å²) in [6.45, 7) is 14.0. The fraction of sp³-hybridized carbons (Fsp3) is 0.333. The first kappa shape index (κ1) is 35.1. The molecule has 1 N–H and O–H groups in total. The van der Waals surface area contributed by atoms with E-state index in [1.54, 1.807) is 6.92 Å². The Labute approximate surface area is 275 Å². The van der Waals surface area contributed by atoms with Crippen LogP contribution in [0.2, 0.25) is 0 Å². The number of allylic oxidation sites excluding steroid dienone is 2. The van der Waals surface area contributed by atoms with Crippen LogP contribution in [0.1, 0.15) is 70.1 Å². The van der Waals surface area contributed by atoms with Crippen molar-refractivity contribution in [3.63, 3.8) is 0 Å². The predicted octanol–water partition coefficient (Wildman–Crippen LogP) is 10.9. The van der Waals surface area contributed by atoms with Gasteiger partial charge in [0.25, 0.3) is 0 Å². The third-order valence-electron chi connectivity index (χ3n) is 8.55. The van der Waals surface area contributed by atoms with Crippen molar-refractivity contribution < 1.29 is 34.4 Å². The van der Waals surface area contributed by atoms with Crippen LogP contribution in [0, 0.1) is 44.5 Å². The average molecular weight is 769 g/mol. The molecule has 0 spiro atoms. The number of halogens is 1. The second kappa shape index (κ2) is 15.5. The molecule has 0 aliphatic heterocycles. The van der Waals surface area contributed by atoms with Gasteiger partial charge < -0.3 is 10.1 Å². The number of benzene rings is 4. The van der Waals surface area contributed by atoms with Crippen LogP contribution < -0.4 is 0 Å². The quantitative estimate of drug-likeness (QED) is 0.0740. The summed E-state index contributed by atoms with van der Waals surface area (Å²) in [7, 11) is 0. The van der Waals surface area contributed by atoms with E-state index in [0.717, 1.165) is 69.4 Å². The Morgan fingerprint density at radius 2 is 1.32 bits per heavy atom. The standard InChI is InChI=1S/C26H19FN.C13H24O2.Ir/c1-15-12-16(2)14-18(13-15)26-24-9-7-19-20(22(24)10-11-28-26)6-8-23-21(19)5-4-17(3)25(23)27;1-5-10(6-2)12(14)9-13(15)11(7-3)8-4;/h4-13H,1-3H3;9-11,14H,5-8H2,1-4H3;/q-1;;/b;12-9-;. The monoisotopic (exact) mass is 769 g/mol. The fourth-order valence-electron chi connectivity index (χ4n) is 5.98. The van der Waals surface area contributed by atoms with Crippen molar-refractivity contribution in [2.75, 3.05) is 0 Å². The number of rotatable bonds is 8. The number of ketones is 1. The maximum Gasteiger partial charge on any atom is 0.162 e. The van der Waals surface area contributed by atoms with E-state index in [9.17, 15) is 14.3 Å². The number of carbonyl (C=O) groups is 1. The fourth-order valence-corrected chi connectivity index (χ4v) is 5.98. The van der Waals surface area contributed by atoms with Gasteiger partial charge in [-0.2, -0.15) is 0 Å². The number of fused-ring (bicyclic) bond motifs is 5. The summed E-state index contributed by atoms with van der Waals surface area (Å²) in [4.78, 5) is 16.4. The first-order valence-corrected chi connectivity index (χ1v) is 15.5. The molecule has 0 unspecified atom stereocenters. The minimum atomic E-state index is -0.139. The minimum Gasteiger partial charge on any atom is -0.512 e.